The van der Waals surface area contributed by atoms with Crippen LogP contribution in [0.25, 0.3) is 0 Å². The van der Waals surface area contributed by atoms with Gasteiger partial charge in [0.1, 0.15) is 6.54 Å². The molecule has 1 fully saturated rings. The van der Waals surface area contributed by atoms with Crippen molar-refractivity contribution in [2.45, 2.75) is 118 Å². The number of ether oxygens (including phenoxy) is 1. The summed E-state index contributed by atoms with van der Waals surface area (Å²) in [5, 5.41) is 8.73. The van der Waals surface area contributed by atoms with Gasteiger partial charge in [-0.3, -0.25) is 14.5 Å². The summed E-state index contributed by atoms with van der Waals surface area (Å²) >= 11 is 0. The first-order valence-corrected chi connectivity index (χ1v) is 13.9. The molecular formula is C28H52N2O5. The Labute approximate surface area is 213 Å². The number of carbonyl (C=O) groups is 3. The number of carboxylic acid groups (broad SMARTS) is 1. The van der Waals surface area contributed by atoms with Gasteiger partial charge < -0.3 is 14.7 Å². The number of amides is 3. The lowest BCUT2D eigenvalue weighted by atomic mass is 9.82. The van der Waals surface area contributed by atoms with Gasteiger partial charge in [-0.2, -0.15) is 0 Å². The molecule has 1 aliphatic rings. The van der Waals surface area contributed by atoms with Crippen LogP contribution in [0, 0.1) is 10.8 Å². The van der Waals surface area contributed by atoms with Gasteiger partial charge in [-0.15, -0.1) is 0 Å². The van der Waals surface area contributed by atoms with Gasteiger partial charge in [0.05, 0.1) is 0 Å². The van der Waals surface area contributed by atoms with Crippen LogP contribution in [-0.2, 0) is 14.3 Å². The smallest absolute Gasteiger partial charge is 0.327 e. The minimum absolute atomic E-state index is 0.0622. The molecule has 0 aromatic carbocycles. The average molecular weight is 497 g/mol. The Morgan fingerprint density at radius 2 is 1.31 bits per heavy atom. The Morgan fingerprint density at radius 3 is 1.77 bits per heavy atom. The van der Waals surface area contributed by atoms with Gasteiger partial charge in [-0.1, -0.05) is 53.4 Å². The maximum absolute atomic E-state index is 12.1. The van der Waals surface area contributed by atoms with Crippen molar-refractivity contribution in [2.75, 3.05) is 32.8 Å². The van der Waals surface area contributed by atoms with Crippen LogP contribution in [0.5, 0.6) is 0 Å². The van der Waals surface area contributed by atoms with Gasteiger partial charge in [0.15, 0.2) is 0 Å². The minimum Gasteiger partial charge on any atom is -0.481 e. The number of hydrogen-bond acceptors (Lipinski definition) is 4. The number of carboxylic acids is 1. The molecule has 1 saturated heterocycles. The Hall–Kier alpha value is -1.63. The molecule has 3 amide bonds. The van der Waals surface area contributed by atoms with E-state index in [-0.39, 0.29) is 35.7 Å². The Kier molecular flexibility index (Phi) is 14.5. The SMILES string of the molecule is CCN1CC(=O)N(CCCCC(C)(C)CCCCOCCCCC(C)(C)CCCCC(=O)O)C1=O. The van der Waals surface area contributed by atoms with Crippen molar-refractivity contribution in [1.82, 2.24) is 9.80 Å². The molecule has 7 nitrogen and oxygen atoms in total. The van der Waals surface area contributed by atoms with Gasteiger partial charge in [0.25, 0.3) is 0 Å². The summed E-state index contributed by atoms with van der Waals surface area (Å²) in [5.74, 6) is -0.759. The van der Waals surface area contributed by atoms with Crippen molar-refractivity contribution in [3.8, 4) is 0 Å². The number of hydrogen-bond donors (Lipinski definition) is 1. The second-order valence-electron chi connectivity index (χ2n) is 11.8. The number of likely N-dealkylation sites (N-methyl/N-ethyl adjacent to an activating group) is 1. The summed E-state index contributed by atoms with van der Waals surface area (Å²) in [7, 11) is 0. The Morgan fingerprint density at radius 1 is 0.829 bits per heavy atom. The molecule has 0 aromatic rings. The normalized spacial score (nSPS) is 14.9. The molecule has 0 unspecified atom stereocenters. The summed E-state index contributed by atoms with van der Waals surface area (Å²) in [6, 6.07) is -0.131. The van der Waals surface area contributed by atoms with Gasteiger partial charge in [0.2, 0.25) is 5.91 Å². The second-order valence-corrected chi connectivity index (χ2v) is 11.8. The first-order valence-electron chi connectivity index (χ1n) is 13.9. The minimum atomic E-state index is -0.697. The van der Waals surface area contributed by atoms with Gasteiger partial charge in [-0.05, 0) is 69.1 Å². The van der Waals surface area contributed by atoms with Crippen molar-refractivity contribution in [3.05, 3.63) is 0 Å². The van der Waals surface area contributed by atoms with E-state index in [0.29, 0.717) is 13.1 Å². The molecule has 0 bridgehead atoms. The van der Waals surface area contributed by atoms with Crippen LogP contribution < -0.4 is 0 Å². The van der Waals surface area contributed by atoms with Gasteiger partial charge in [-0.25, -0.2) is 4.79 Å². The molecule has 1 rings (SSSR count). The Balaban J connectivity index is 2.01. The Bertz CT molecular complexity index is 647. The lowest BCUT2D eigenvalue weighted by Gasteiger charge is -2.25. The van der Waals surface area contributed by atoms with Crippen molar-refractivity contribution in [3.63, 3.8) is 0 Å². The highest BCUT2D eigenvalue weighted by molar-refractivity contribution is 6.01. The molecule has 204 valence electrons. The van der Waals surface area contributed by atoms with E-state index in [2.05, 4.69) is 27.7 Å². The fourth-order valence-electron chi connectivity index (χ4n) is 4.78. The summed E-state index contributed by atoms with van der Waals surface area (Å²) in [6.07, 6.45) is 13.0. The zero-order valence-electron chi connectivity index (χ0n) is 23.2. The van der Waals surface area contributed by atoms with Gasteiger partial charge in [0, 0.05) is 32.7 Å². The lowest BCUT2D eigenvalue weighted by Crippen LogP contribution is -2.33. The first-order chi connectivity index (χ1) is 16.5. The zero-order chi connectivity index (χ0) is 26.3. The monoisotopic (exact) mass is 496 g/mol. The standard InChI is InChI=1S/C28H52N2O5/c1-6-29-23-24(31)30(26(29)34)20-12-9-17-28(4,5)19-11-14-22-35-21-13-10-18-27(2,3)16-8-7-15-25(32)33/h6-23H2,1-5H3,(H,32,33). The van der Waals surface area contributed by atoms with Crippen LogP contribution in [0.4, 0.5) is 4.79 Å². The maximum Gasteiger partial charge on any atom is 0.327 e. The number of aliphatic carboxylic acids is 1. The third-order valence-corrected chi connectivity index (χ3v) is 7.27. The topological polar surface area (TPSA) is 87.2 Å². The molecule has 0 aliphatic carbocycles. The van der Waals surface area contributed by atoms with E-state index in [4.69, 9.17) is 9.84 Å². The van der Waals surface area contributed by atoms with E-state index in [0.717, 1.165) is 90.3 Å². The molecule has 1 N–H and O–H groups in total. The summed E-state index contributed by atoms with van der Waals surface area (Å²) in [4.78, 5) is 37.7. The molecule has 35 heavy (non-hydrogen) atoms. The number of unbranched alkanes of at least 4 members (excludes halogenated alkanes) is 4. The molecule has 7 heteroatoms. The van der Waals surface area contributed by atoms with Crippen LogP contribution in [0.3, 0.4) is 0 Å². The van der Waals surface area contributed by atoms with Crippen molar-refractivity contribution in [2.24, 2.45) is 10.8 Å². The number of nitrogens with zero attached hydrogens (tertiary/aromatic N) is 2. The molecule has 0 radical (unpaired) electrons. The molecule has 0 saturated carbocycles. The highest BCUT2D eigenvalue weighted by Gasteiger charge is 2.34. The van der Waals surface area contributed by atoms with Crippen molar-refractivity contribution < 1.29 is 24.2 Å². The predicted octanol–water partition coefficient (Wildman–Crippen LogP) is 6.50. The fourth-order valence-corrected chi connectivity index (χ4v) is 4.78. The van der Waals surface area contributed by atoms with E-state index in [9.17, 15) is 14.4 Å². The molecule has 1 heterocycles. The van der Waals surface area contributed by atoms with E-state index in [1.807, 2.05) is 6.92 Å². The highest BCUT2D eigenvalue weighted by Crippen LogP contribution is 2.31. The van der Waals surface area contributed by atoms with Crippen LogP contribution >= 0.6 is 0 Å². The number of rotatable bonds is 21. The molecule has 1 aliphatic heterocycles. The molecule has 0 atom stereocenters. The van der Waals surface area contributed by atoms with Crippen molar-refractivity contribution >= 4 is 17.9 Å². The summed E-state index contributed by atoms with van der Waals surface area (Å²) < 4.78 is 5.84. The number of urea groups is 1. The highest BCUT2D eigenvalue weighted by atomic mass is 16.5. The van der Waals surface area contributed by atoms with E-state index in [1.165, 1.54) is 4.90 Å². The lowest BCUT2D eigenvalue weighted by molar-refractivity contribution is -0.137. The third-order valence-electron chi connectivity index (χ3n) is 7.27. The predicted molar refractivity (Wildman–Crippen MR) is 140 cm³/mol. The summed E-state index contributed by atoms with van der Waals surface area (Å²) in [6.45, 7) is 14.1. The summed E-state index contributed by atoms with van der Waals surface area (Å²) in [5.41, 5.74) is 0.546. The molecule has 0 aromatic heterocycles. The second kappa shape index (κ2) is 16.2. The van der Waals surface area contributed by atoms with Crippen LogP contribution in [0.2, 0.25) is 0 Å². The number of imide groups is 1. The van der Waals surface area contributed by atoms with Gasteiger partial charge >= 0.3 is 12.0 Å². The van der Waals surface area contributed by atoms with E-state index in [1.54, 1.807) is 4.90 Å². The third kappa shape index (κ3) is 13.9. The number of carbonyl (C=O) groups excluding carboxylic acids is 2. The van der Waals surface area contributed by atoms with Crippen LogP contribution in [0.15, 0.2) is 0 Å². The molecule has 0 spiro atoms. The largest absolute Gasteiger partial charge is 0.481 e. The molecular weight excluding hydrogens is 444 g/mol. The maximum atomic E-state index is 12.1. The van der Waals surface area contributed by atoms with Crippen LogP contribution in [0.1, 0.15) is 118 Å². The van der Waals surface area contributed by atoms with E-state index < -0.39 is 5.97 Å². The van der Waals surface area contributed by atoms with E-state index >= 15 is 0 Å². The first kappa shape index (κ1) is 31.4. The average Bonchev–Trinajstić information content (AvgIpc) is 3.05. The van der Waals surface area contributed by atoms with Crippen molar-refractivity contribution in [1.29, 1.82) is 0 Å². The fraction of sp³-hybridized carbons (Fsp3) is 0.893. The quantitative estimate of drug-likeness (QED) is 0.145. The van der Waals surface area contributed by atoms with Crippen LogP contribution in [-0.4, -0.2) is 65.7 Å². The zero-order valence-corrected chi connectivity index (χ0v) is 23.2.